The lowest BCUT2D eigenvalue weighted by atomic mass is 10.1. The van der Waals surface area contributed by atoms with E-state index < -0.39 is 6.17 Å². The van der Waals surface area contributed by atoms with Gasteiger partial charge in [-0.05, 0) is 31.0 Å². The number of aromatic nitrogens is 2. The highest BCUT2D eigenvalue weighted by molar-refractivity contribution is 5.66. The van der Waals surface area contributed by atoms with Crippen molar-refractivity contribution in [3.63, 3.8) is 0 Å². The lowest BCUT2D eigenvalue weighted by Crippen LogP contribution is -1.89. The van der Waals surface area contributed by atoms with Crippen molar-refractivity contribution in [1.82, 2.24) is 10.2 Å². The number of benzene rings is 1. The van der Waals surface area contributed by atoms with Gasteiger partial charge < -0.3 is 5.73 Å². The minimum Gasteiger partial charge on any atom is -0.398 e. The van der Waals surface area contributed by atoms with Crippen LogP contribution in [-0.2, 0) is 0 Å². The summed E-state index contributed by atoms with van der Waals surface area (Å²) < 4.78 is 12.9. The smallest absolute Gasteiger partial charge is 0.109 e. The van der Waals surface area contributed by atoms with E-state index in [4.69, 9.17) is 5.73 Å². The Morgan fingerprint density at radius 2 is 2.18 bits per heavy atom. The van der Waals surface area contributed by atoms with Gasteiger partial charge in [0.25, 0.3) is 0 Å². The maximum absolute atomic E-state index is 12.9. The van der Waals surface area contributed by atoms with Crippen molar-refractivity contribution < 1.29 is 4.39 Å². The molecule has 3 N–H and O–H groups in total. The Hall–Kier alpha value is -1.84. The van der Waals surface area contributed by atoms with Crippen LogP contribution in [0.3, 0.4) is 0 Å². The molecule has 1 aliphatic rings. The maximum Gasteiger partial charge on any atom is 0.109 e. The van der Waals surface area contributed by atoms with Gasteiger partial charge in [0.2, 0.25) is 0 Å². The van der Waals surface area contributed by atoms with E-state index in [9.17, 15) is 4.39 Å². The Morgan fingerprint density at radius 3 is 2.82 bits per heavy atom. The molecule has 88 valence electrons. The largest absolute Gasteiger partial charge is 0.398 e. The molecule has 1 fully saturated rings. The van der Waals surface area contributed by atoms with Gasteiger partial charge >= 0.3 is 0 Å². The standard InChI is InChI=1S/C13H14FN3/c1-7-2-3-8(4-11(7)15)12-6-13(17-16-12)9-5-10(9)14/h2-4,6,9-10H,5,15H2,1H3,(H,16,17)/t9-,10-/m1/s1. The molecule has 0 saturated heterocycles. The molecule has 1 aliphatic carbocycles. The molecule has 0 amide bonds. The average Bonchev–Trinajstić information content (AvgIpc) is 2.86. The van der Waals surface area contributed by atoms with Gasteiger partial charge in [-0.2, -0.15) is 5.10 Å². The van der Waals surface area contributed by atoms with Crippen LogP contribution in [-0.4, -0.2) is 16.4 Å². The summed E-state index contributed by atoms with van der Waals surface area (Å²) in [5, 5.41) is 7.11. The highest BCUT2D eigenvalue weighted by Gasteiger charge is 2.40. The van der Waals surface area contributed by atoms with E-state index in [-0.39, 0.29) is 5.92 Å². The average molecular weight is 231 g/mol. The fraction of sp³-hybridized carbons (Fsp3) is 0.308. The van der Waals surface area contributed by atoms with Crippen molar-refractivity contribution in [3.05, 3.63) is 35.5 Å². The van der Waals surface area contributed by atoms with Crippen LogP contribution in [0.5, 0.6) is 0 Å². The van der Waals surface area contributed by atoms with E-state index in [0.29, 0.717) is 6.42 Å². The number of nitrogens with zero attached hydrogens (tertiary/aromatic N) is 1. The first-order valence-electron chi connectivity index (χ1n) is 5.71. The van der Waals surface area contributed by atoms with Gasteiger partial charge in [-0.3, -0.25) is 5.10 Å². The van der Waals surface area contributed by atoms with Crippen molar-refractivity contribution in [2.75, 3.05) is 5.73 Å². The zero-order valence-corrected chi connectivity index (χ0v) is 9.57. The maximum atomic E-state index is 12.9. The molecule has 4 heteroatoms. The first-order valence-corrected chi connectivity index (χ1v) is 5.71. The number of nitrogens with one attached hydrogen (secondary N) is 1. The Kier molecular flexibility index (Phi) is 2.18. The molecular weight excluding hydrogens is 217 g/mol. The molecule has 2 atom stereocenters. The van der Waals surface area contributed by atoms with Gasteiger partial charge in [0.15, 0.2) is 0 Å². The van der Waals surface area contributed by atoms with E-state index in [1.807, 2.05) is 31.2 Å². The summed E-state index contributed by atoms with van der Waals surface area (Å²) in [5.74, 6) is 0.0130. The Bertz CT molecular complexity index is 562. The molecule has 0 bridgehead atoms. The van der Waals surface area contributed by atoms with Crippen LogP contribution in [0.15, 0.2) is 24.3 Å². The summed E-state index contributed by atoms with van der Waals surface area (Å²) >= 11 is 0. The summed E-state index contributed by atoms with van der Waals surface area (Å²) in [6.45, 7) is 1.97. The molecule has 0 radical (unpaired) electrons. The number of rotatable bonds is 2. The lowest BCUT2D eigenvalue weighted by molar-refractivity contribution is 0.466. The molecule has 0 unspecified atom stereocenters. The molecule has 3 nitrogen and oxygen atoms in total. The molecule has 1 aromatic heterocycles. The third-order valence-electron chi connectivity index (χ3n) is 3.28. The Morgan fingerprint density at radius 1 is 1.41 bits per heavy atom. The minimum absolute atomic E-state index is 0.0130. The molecule has 3 rings (SSSR count). The van der Waals surface area contributed by atoms with E-state index >= 15 is 0 Å². The number of nitrogen functional groups attached to an aromatic ring is 1. The van der Waals surface area contributed by atoms with Crippen molar-refractivity contribution in [2.24, 2.45) is 0 Å². The number of hydrogen-bond donors (Lipinski definition) is 2. The molecule has 1 heterocycles. The SMILES string of the molecule is Cc1ccc(-c2cc([C@@H]3C[C@H]3F)[nH]n2)cc1N. The number of H-pyrrole nitrogens is 1. The summed E-state index contributed by atoms with van der Waals surface area (Å²) in [5.41, 5.74) is 10.3. The highest BCUT2D eigenvalue weighted by Crippen LogP contribution is 2.43. The summed E-state index contributed by atoms with van der Waals surface area (Å²) in [6.07, 6.45) is -0.0936. The fourth-order valence-electron chi connectivity index (χ4n) is 1.96. The number of aryl methyl sites for hydroxylation is 1. The Labute approximate surface area is 98.8 Å². The van der Waals surface area contributed by atoms with Crippen LogP contribution < -0.4 is 5.73 Å². The topological polar surface area (TPSA) is 54.7 Å². The van der Waals surface area contributed by atoms with Crippen LogP contribution in [0, 0.1) is 6.92 Å². The molecule has 1 saturated carbocycles. The zero-order valence-electron chi connectivity index (χ0n) is 9.57. The van der Waals surface area contributed by atoms with E-state index in [2.05, 4.69) is 10.2 Å². The van der Waals surface area contributed by atoms with E-state index in [1.165, 1.54) is 0 Å². The monoisotopic (exact) mass is 231 g/mol. The second-order valence-corrected chi connectivity index (χ2v) is 4.64. The number of aromatic amines is 1. The van der Waals surface area contributed by atoms with Gasteiger partial charge in [-0.1, -0.05) is 12.1 Å². The van der Waals surface area contributed by atoms with Crippen molar-refractivity contribution >= 4 is 5.69 Å². The van der Waals surface area contributed by atoms with E-state index in [1.54, 1.807) is 0 Å². The first kappa shape index (κ1) is 10.3. The van der Waals surface area contributed by atoms with Crippen molar-refractivity contribution in [1.29, 1.82) is 0 Å². The first-order chi connectivity index (χ1) is 8.15. The summed E-state index contributed by atoms with van der Waals surface area (Å²) in [4.78, 5) is 0. The number of hydrogen-bond acceptors (Lipinski definition) is 2. The molecule has 0 spiro atoms. The fourth-order valence-corrected chi connectivity index (χ4v) is 1.96. The predicted octanol–water partition coefficient (Wildman–Crippen LogP) is 2.79. The molecule has 17 heavy (non-hydrogen) atoms. The summed E-state index contributed by atoms with van der Waals surface area (Å²) in [7, 11) is 0. The van der Waals surface area contributed by atoms with Crippen molar-refractivity contribution in [3.8, 4) is 11.3 Å². The molecular formula is C13H14FN3. The highest BCUT2D eigenvalue weighted by atomic mass is 19.1. The molecule has 1 aromatic carbocycles. The number of alkyl halides is 1. The molecule has 2 aromatic rings. The van der Waals surface area contributed by atoms with Crippen LogP contribution in [0.2, 0.25) is 0 Å². The summed E-state index contributed by atoms with van der Waals surface area (Å²) in [6, 6.07) is 7.75. The van der Waals surface area contributed by atoms with Crippen LogP contribution in [0.1, 0.15) is 23.6 Å². The number of anilines is 1. The van der Waals surface area contributed by atoms with Crippen LogP contribution in [0.4, 0.5) is 10.1 Å². The number of halogens is 1. The normalized spacial score (nSPS) is 22.7. The lowest BCUT2D eigenvalue weighted by Gasteiger charge is -2.01. The molecule has 0 aliphatic heterocycles. The van der Waals surface area contributed by atoms with Gasteiger partial charge in [-0.15, -0.1) is 0 Å². The van der Waals surface area contributed by atoms with Gasteiger partial charge in [0.1, 0.15) is 6.17 Å². The van der Waals surface area contributed by atoms with Gasteiger partial charge in [0.05, 0.1) is 5.69 Å². The Balaban J connectivity index is 1.92. The van der Waals surface area contributed by atoms with Gasteiger partial charge in [-0.25, -0.2) is 4.39 Å². The van der Waals surface area contributed by atoms with Crippen LogP contribution in [0.25, 0.3) is 11.3 Å². The quantitative estimate of drug-likeness (QED) is 0.781. The third kappa shape index (κ3) is 1.79. The number of nitrogens with two attached hydrogens (primary N) is 1. The van der Waals surface area contributed by atoms with Crippen molar-refractivity contribution in [2.45, 2.75) is 25.4 Å². The third-order valence-corrected chi connectivity index (χ3v) is 3.28. The van der Waals surface area contributed by atoms with Crippen LogP contribution >= 0.6 is 0 Å². The van der Waals surface area contributed by atoms with E-state index in [0.717, 1.165) is 28.2 Å². The predicted molar refractivity (Wildman–Crippen MR) is 65.4 cm³/mol. The van der Waals surface area contributed by atoms with Gasteiger partial charge in [0, 0.05) is 22.9 Å². The second-order valence-electron chi connectivity index (χ2n) is 4.64. The zero-order chi connectivity index (χ0) is 12.0. The minimum atomic E-state index is -0.702. The second kappa shape index (κ2) is 3.58.